The lowest BCUT2D eigenvalue weighted by Crippen LogP contribution is -2.26. The maximum atomic E-state index is 12.6. The molecule has 0 aromatic heterocycles. The molecular formula is C19H20O2. The summed E-state index contributed by atoms with van der Waals surface area (Å²) in [4.78, 5) is 25.2. The minimum Gasteiger partial charge on any atom is -0.289 e. The summed E-state index contributed by atoms with van der Waals surface area (Å²) in [5, 5.41) is 0. The van der Waals surface area contributed by atoms with Crippen molar-refractivity contribution >= 4 is 17.6 Å². The number of Topliss-reactive ketones (excluding diaryl/α,β-unsaturated/α-hetero) is 1. The molecule has 1 aromatic carbocycles. The Balaban J connectivity index is 2.26. The molecular weight excluding hydrogens is 260 g/mol. The molecule has 108 valence electrons. The molecule has 21 heavy (non-hydrogen) atoms. The highest BCUT2D eigenvalue weighted by molar-refractivity contribution is 6.26. The van der Waals surface area contributed by atoms with E-state index in [1.165, 1.54) is 6.08 Å². The zero-order valence-corrected chi connectivity index (χ0v) is 13.0. The van der Waals surface area contributed by atoms with E-state index in [-0.39, 0.29) is 22.9 Å². The second-order valence-electron chi connectivity index (χ2n) is 6.89. The Bertz CT molecular complexity index is 715. The average Bonchev–Trinajstić information content (AvgIpc) is 2.41. The van der Waals surface area contributed by atoms with Crippen LogP contribution in [0.2, 0.25) is 0 Å². The van der Waals surface area contributed by atoms with E-state index < -0.39 is 0 Å². The first-order valence-electron chi connectivity index (χ1n) is 7.47. The van der Waals surface area contributed by atoms with Crippen molar-refractivity contribution in [2.75, 3.05) is 0 Å². The summed E-state index contributed by atoms with van der Waals surface area (Å²) in [6, 6.07) is 3.86. The van der Waals surface area contributed by atoms with Gasteiger partial charge >= 0.3 is 0 Å². The highest BCUT2D eigenvalue weighted by atomic mass is 16.1. The Morgan fingerprint density at radius 1 is 1.14 bits per heavy atom. The van der Waals surface area contributed by atoms with Crippen molar-refractivity contribution < 1.29 is 9.59 Å². The van der Waals surface area contributed by atoms with E-state index in [0.717, 1.165) is 17.5 Å². The normalized spacial score (nSPS) is 19.4. The van der Waals surface area contributed by atoms with Gasteiger partial charge in [-0.05, 0) is 41.0 Å². The molecule has 0 saturated carbocycles. The molecule has 0 heterocycles. The van der Waals surface area contributed by atoms with Crippen molar-refractivity contribution in [3.8, 4) is 0 Å². The van der Waals surface area contributed by atoms with Gasteiger partial charge in [0.05, 0.1) is 0 Å². The number of fused-ring (bicyclic) bond motifs is 3. The Kier molecular flexibility index (Phi) is 3.01. The van der Waals surface area contributed by atoms with Crippen LogP contribution in [0.4, 0.5) is 0 Å². The number of benzene rings is 1. The zero-order valence-electron chi connectivity index (χ0n) is 13.0. The molecule has 0 fully saturated rings. The molecule has 0 spiro atoms. The molecule has 0 saturated heterocycles. The number of ketones is 2. The number of rotatable bonds is 1. The summed E-state index contributed by atoms with van der Waals surface area (Å²) < 4.78 is 0. The van der Waals surface area contributed by atoms with Gasteiger partial charge in [0.25, 0.3) is 0 Å². The van der Waals surface area contributed by atoms with Gasteiger partial charge in [-0.3, -0.25) is 9.59 Å². The molecule has 3 rings (SSSR count). The van der Waals surface area contributed by atoms with Crippen LogP contribution in [0, 0.1) is 5.92 Å². The third-order valence-electron chi connectivity index (χ3n) is 4.55. The van der Waals surface area contributed by atoms with Crippen LogP contribution in [0.5, 0.6) is 0 Å². The highest BCUT2D eigenvalue weighted by Gasteiger charge is 2.33. The Hall–Kier alpha value is -1.96. The quantitative estimate of drug-likeness (QED) is 0.766. The Labute approximate surface area is 125 Å². The van der Waals surface area contributed by atoms with E-state index in [1.54, 1.807) is 0 Å². The average molecular weight is 280 g/mol. The van der Waals surface area contributed by atoms with Gasteiger partial charge in [-0.1, -0.05) is 45.9 Å². The lowest BCUT2D eigenvalue weighted by atomic mass is 9.71. The summed E-state index contributed by atoms with van der Waals surface area (Å²) in [5.74, 6) is 0.0318. The summed E-state index contributed by atoms with van der Waals surface area (Å²) >= 11 is 0. The third kappa shape index (κ3) is 2.01. The summed E-state index contributed by atoms with van der Waals surface area (Å²) in [6.45, 7) is 8.24. The number of hydrogen-bond acceptors (Lipinski definition) is 2. The molecule has 0 amide bonds. The minimum absolute atomic E-state index is 0.000760. The summed E-state index contributed by atoms with van der Waals surface area (Å²) in [7, 11) is 0. The van der Waals surface area contributed by atoms with Crippen LogP contribution >= 0.6 is 0 Å². The number of carbonyl (C=O) groups is 2. The van der Waals surface area contributed by atoms with Crippen LogP contribution in [0.1, 0.15) is 66.0 Å². The lowest BCUT2D eigenvalue weighted by Gasteiger charge is -2.31. The van der Waals surface area contributed by atoms with Gasteiger partial charge in [0.1, 0.15) is 0 Å². The fourth-order valence-corrected chi connectivity index (χ4v) is 3.28. The minimum atomic E-state index is -0.0347. The zero-order chi connectivity index (χ0) is 15.4. The molecule has 0 unspecified atom stereocenters. The molecule has 0 bridgehead atoms. The monoisotopic (exact) mass is 280 g/mol. The molecule has 0 atom stereocenters. The standard InChI is InChI=1S/C19H20O2/c1-11(2)14-10-16(20)17-12-6-5-9-19(3,4)15(12)8-7-13(17)18(14)21/h5-8,10-11H,9H2,1-4H3. The van der Waals surface area contributed by atoms with Crippen LogP contribution in [-0.4, -0.2) is 11.6 Å². The first-order chi connectivity index (χ1) is 9.83. The van der Waals surface area contributed by atoms with E-state index in [2.05, 4.69) is 19.9 Å². The molecule has 2 aliphatic rings. The fraction of sp³-hybridized carbons (Fsp3) is 0.368. The molecule has 2 nitrogen and oxygen atoms in total. The molecule has 2 aliphatic carbocycles. The van der Waals surface area contributed by atoms with Crippen molar-refractivity contribution in [3.63, 3.8) is 0 Å². The largest absolute Gasteiger partial charge is 0.289 e. The maximum absolute atomic E-state index is 12.6. The van der Waals surface area contributed by atoms with Crippen LogP contribution in [0.3, 0.4) is 0 Å². The number of carbonyl (C=O) groups excluding carboxylic acids is 2. The molecule has 0 aliphatic heterocycles. The van der Waals surface area contributed by atoms with Gasteiger partial charge in [-0.15, -0.1) is 0 Å². The van der Waals surface area contributed by atoms with Crippen molar-refractivity contribution in [2.45, 2.75) is 39.5 Å². The highest BCUT2D eigenvalue weighted by Crippen LogP contribution is 2.39. The van der Waals surface area contributed by atoms with Crippen LogP contribution in [0.25, 0.3) is 6.08 Å². The topological polar surface area (TPSA) is 34.1 Å². The number of allylic oxidation sites excluding steroid dienone is 3. The van der Waals surface area contributed by atoms with Gasteiger partial charge in [-0.2, -0.15) is 0 Å². The van der Waals surface area contributed by atoms with Crippen LogP contribution < -0.4 is 0 Å². The van der Waals surface area contributed by atoms with E-state index in [0.29, 0.717) is 16.7 Å². The molecule has 0 radical (unpaired) electrons. The van der Waals surface area contributed by atoms with Gasteiger partial charge in [0.15, 0.2) is 11.6 Å². The van der Waals surface area contributed by atoms with Crippen LogP contribution in [0.15, 0.2) is 29.9 Å². The van der Waals surface area contributed by atoms with Gasteiger partial charge in [0.2, 0.25) is 0 Å². The second-order valence-corrected chi connectivity index (χ2v) is 6.89. The first kappa shape index (κ1) is 14.0. The summed E-state index contributed by atoms with van der Waals surface area (Å²) in [6.07, 6.45) is 6.58. The van der Waals surface area contributed by atoms with Crippen LogP contribution in [-0.2, 0) is 5.41 Å². The number of hydrogen-bond donors (Lipinski definition) is 0. The third-order valence-corrected chi connectivity index (χ3v) is 4.55. The van der Waals surface area contributed by atoms with Crippen molar-refractivity contribution in [2.24, 2.45) is 5.92 Å². The lowest BCUT2D eigenvalue weighted by molar-refractivity contribution is 0.0976. The van der Waals surface area contributed by atoms with E-state index >= 15 is 0 Å². The van der Waals surface area contributed by atoms with Gasteiger partial charge < -0.3 is 0 Å². The van der Waals surface area contributed by atoms with Crippen molar-refractivity contribution in [3.05, 3.63) is 52.1 Å². The molecule has 1 aromatic rings. The maximum Gasteiger partial charge on any atom is 0.190 e. The first-order valence-corrected chi connectivity index (χ1v) is 7.47. The van der Waals surface area contributed by atoms with E-state index in [4.69, 9.17) is 0 Å². The molecule has 2 heteroatoms. The van der Waals surface area contributed by atoms with Crippen molar-refractivity contribution in [1.29, 1.82) is 0 Å². The van der Waals surface area contributed by atoms with E-state index in [1.807, 2.05) is 32.1 Å². The predicted molar refractivity (Wildman–Crippen MR) is 84.7 cm³/mol. The second kappa shape index (κ2) is 4.52. The Morgan fingerprint density at radius 2 is 1.86 bits per heavy atom. The smallest absolute Gasteiger partial charge is 0.190 e. The predicted octanol–water partition coefficient (Wildman–Crippen LogP) is 4.34. The Morgan fingerprint density at radius 3 is 2.52 bits per heavy atom. The van der Waals surface area contributed by atoms with E-state index in [9.17, 15) is 9.59 Å². The fourth-order valence-electron chi connectivity index (χ4n) is 3.28. The van der Waals surface area contributed by atoms with Gasteiger partial charge in [-0.25, -0.2) is 0 Å². The summed E-state index contributed by atoms with van der Waals surface area (Å²) in [5.41, 5.74) is 3.86. The molecule has 0 N–H and O–H groups in total. The SMILES string of the molecule is CC(C)C1=CC(=O)c2c(ccc3c2C=CCC3(C)C)C1=O. The van der Waals surface area contributed by atoms with Gasteiger partial charge in [0, 0.05) is 16.7 Å². The van der Waals surface area contributed by atoms with Crippen molar-refractivity contribution in [1.82, 2.24) is 0 Å².